The fourth-order valence-electron chi connectivity index (χ4n) is 3.61. The third-order valence-electron chi connectivity index (χ3n) is 5.44. The number of hydrogen-bond acceptors (Lipinski definition) is 7. The molecule has 0 saturated carbocycles. The Labute approximate surface area is 182 Å². The number of ether oxygens (including phenoxy) is 2. The Hall–Kier alpha value is -1.93. The molecule has 1 fully saturated rings. The number of unbranched alkanes of at least 4 members (excludes halogenated alkanes) is 1. The molecule has 1 aromatic carbocycles. The molecular formula is C23H31NO5S. The topological polar surface area (TPSA) is 79.2 Å². The molecule has 0 spiro atoms. The first-order valence-electron chi connectivity index (χ1n) is 10.6. The van der Waals surface area contributed by atoms with E-state index in [1.807, 2.05) is 37.3 Å². The summed E-state index contributed by atoms with van der Waals surface area (Å²) in [6.45, 7) is 4.42. The Morgan fingerprint density at radius 2 is 1.97 bits per heavy atom. The SMILES string of the molecule is CCCCOC(=O)c1sccc1OCC(O)CN1CCC(O)(c2ccccc2)CC1. The first-order valence-corrected chi connectivity index (χ1v) is 11.5. The number of aliphatic hydroxyl groups is 2. The lowest BCUT2D eigenvalue weighted by Crippen LogP contribution is -2.46. The van der Waals surface area contributed by atoms with Gasteiger partial charge in [-0.15, -0.1) is 11.3 Å². The molecule has 0 bridgehead atoms. The zero-order chi connectivity index (χ0) is 21.4. The minimum Gasteiger partial charge on any atom is -0.489 e. The number of piperidine rings is 1. The average molecular weight is 434 g/mol. The van der Waals surface area contributed by atoms with Crippen molar-refractivity contribution in [1.82, 2.24) is 4.90 Å². The highest BCUT2D eigenvalue weighted by molar-refractivity contribution is 7.12. The van der Waals surface area contributed by atoms with E-state index >= 15 is 0 Å². The number of rotatable bonds is 10. The molecule has 164 valence electrons. The van der Waals surface area contributed by atoms with Crippen molar-refractivity contribution in [3.05, 3.63) is 52.2 Å². The van der Waals surface area contributed by atoms with Crippen LogP contribution in [0.1, 0.15) is 47.8 Å². The van der Waals surface area contributed by atoms with Crippen molar-refractivity contribution in [2.45, 2.75) is 44.3 Å². The van der Waals surface area contributed by atoms with Crippen molar-refractivity contribution in [3.63, 3.8) is 0 Å². The van der Waals surface area contributed by atoms with Crippen molar-refractivity contribution in [2.24, 2.45) is 0 Å². The molecule has 6 nitrogen and oxygen atoms in total. The van der Waals surface area contributed by atoms with Gasteiger partial charge in [0, 0.05) is 19.6 Å². The lowest BCUT2D eigenvalue weighted by Gasteiger charge is -2.39. The van der Waals surface area contributed by atoms with Gasteiger partial charge in [-0.3, -0.25) is 0 Å². The maximum absolute atomic E-state index is 12.2. The number of benzene rings is 1. The lowest BCUT2D eigenvalue weighted by molar-refractivity contribution is -0.0372. The second kappa shape index (κ2) is 10.9. The fraction of sp³-hybridized carbons (Fsp3) is 0.522. The van der Waals surface area contributed by atoms with Crippen molar-refractivity contribution >= 4 is 17.3 Å². The molecule has 7 heteroatoms. The van der Waals surface area contributed by atoms with E-state index in [2.05, 4.69) is 4.90 Å². The van der Waals surface area contributed by atoms with Crippen LogP contribution in [0.25, 0.3) is 0 Å². The molecule has 0 amide bonds. The van der Waals surface area contributed by atoms with Gasteiger partial charge in [0.1, 0.15) is 18.5 Å². The van der Waals surface area contributed by atoms with Gasteiger partial charge in [0.25, 0.3) is 0 Å². The summed E-state index contributed by atoms with van der Waals surface area (Å²) in [5.41, 5.74) is 0.146. The monoisotopic (exact) mass is 433 g/mol. The van der Waals surface area contributed by atoms with Crippen LogP contribution in [0.3, 0.4) is 0 Å². The molecule has 1 saturated heterocycles. The number of β-amino-alcohol motifs (C(OH)–C–C–N with tert-alkyl or cyclic N) is 1. The molecule has 30 heavy (non-hydrogen) atoms. The Morgan fingerprint density at radius 1 is 1.23 bits per heavy atom. The highest BCUT2D eigenvalue weighted by atomic mass is 32.1. The van der Waals surface area contributed by atoms with Crippen LogP contribution in [0.4, 0.5) is 0 Å². The predicted octanol–water partition coefficient (Wildman–Crippen LogP) is 3.43. The summed E-state index contributed by atoms with van der Waals surface area (Å²) in [6.07, 6.45) is 2.37. The number of hydrogen-bond donors (Lipinski definition) is 2. The Balaban J connectivity index is 1.43. The average Bonchev–Trinajstić information content (AvgIpc) is 3.24. The summed E-state index contributed by atoms with van der Waals surface area (Å²) in [5.74, 6) is 0.0804. The third-order valence-corrected chi connectivity index (χ3v) is 6.32. The number of nitrogens with zero attached hydrogens (tertiary/aromatic N) is 1. The number of thiophene rings is 1. The molecule has 0 aliphatic carbocycles. The molecule has 1 atom stereocenters. The quantitative estimate of drug-likeness (QED) is 0.442. The van der Waals surface area contributed by atoms with Gasteiger partial charge in [0.15, 0.2) is 4.88 Å². The molecule has 0 radical (unpaired) electrons. The third kappa shape index (κ3) is 6.04. The van der Waals surface area contributed by atoms with E-state index < -0.39 is 11.7 Å². The standard InChI is InChI=1S/C23H31NO5S/c1-2-3-14-28-22(26)21-20(9-15-30-21)29-17-19(25)16-24-12-10-23(27,11-13-24)18-7-5-4-6-8-18/h4-9,15,19,25,27H,2-3,10-14,16-17H2,1H3. The van der Waals surface area contributed by atoms with Gasteiger partial charge in [-0.1, -0.05) is 43.7 Å². The minimum atomic E-state index is -0.803. The maximum Gasteiger partial charge on any atom is 0.352 e. The molecule has 1 aliphatic heterocycles. The van der Waals surface area contributed by atoms with Gasteiger partial charge in [0.05, 0.1) is 12.2 Å². The fourth-order valence-corrected chi connectivity index (χ4v) is 4.34. The largest absolute Gasteiger partial charge is 0.489 e. The van der Waals surface area contributed by atoms with Crippen LogP contribution in [-0.2, 0) is 10.3 Å². The van der Waals surface area contributed by atoms with Crippen LogP contribution in [0.5, 0.6) is 5.75 Å². The van der Waals surface area contributed by atoms with Gasteiger partial charge in [0.2, 0.25) is 0 Å². The van der Waals surface area contributed by atoms with E-state index in [1.165, 1.54) is 11.3 Å². The second-order valence-electron chi connectivity index (χ2n) is 7.77. The van der Waals surface area contributed by atoms with Crippen LogP contribution in [0.2, 0.25) is 0 Å². The molecule has 2 heterocycles. The van der Waals surface area contributed by atoms with Gasteiger partial charge < -0.3 is 24.6 Å². The van der Waals surface area contributed by atoms with Crippen molar-refractivity contribution in [2.75, 3.05) is 32.8 Å². The number of aliphatic hydroxyl groups excluding tert-OH is 1. The van der Waals surface area contributed by atoms with Crippen molar-refractivity contribution < 1.29 is 24.5 Å². The summed E-state index contributed by atoms with van der Waals surface area (Å²) in [5, 5.41) is 23.1. The van der Waals surface area contributed by atoms with E-state index in [-0.39, 0.29) is 12.6 Å². The Bertz CT molecular complexity index is 786. The van der Waals surface area contributed by atoms with Gasteiger partial charge in [-0.25, -0.2) is 4.79 Å². The molecular weight excluding hydrogens is 402 g/mol. The van der Waals surface area contributed by atoms with E-state index in [9.17, 15) is 15.0 Å². The molecule has 3 rings (SSSR count). The van der Waals surface area contributed by atoms with Gasteiger partial charge in [-0.2, -0.15) is 0 Å². The van der Waals surface area contributed by atoms with Crippen LogP contribution in [0.15, 0.2) is 41.8 Å². The van der Waals surface area contributed by atoms with E-state index in [0.717, 1.165) is 18.4 Å². The Kier molecular flexibility index (Phi) is 8.27. The second-order valence-corrected chi connectivity index (χ2v) is 8.68. The van der Waals surface area contributed by atoms with Crippen LogP contribution >= 0.6 is 11.3 Å². The summed E-state index contributed by atoms with van der Waals surface area (Å²) in [6, 6.07) is 11.5. The minimum absolute atomic E-state index is 0.103. The number of carbonyl (C=O) groups is 1. The Morgan fingerprint density at radius 3 is 2.67 bits per heavy atom. The normalized spacial score (nSPS) is 17.4. The molecule has 1 aromatic heterocycles. The van der Waals surface area contributed by atoms with Crippen LogP contribution in [0, 0.1) is 0 Å². The molecule has 2 aromatic rings. The van der Waals surface area contributed by atoms with Gasteiger partial charge >= 0.3 is 5.97 Å². The summed E-state index contributed by atoms with van der Waals surface area (Å²) < 4.78 is 11.0. The highest BCUT2D eigenvalue weighted by Gasteiger charge is 2.34. The number of esters is 1. The zero-order valence-corrected chi connectivity index (χ0v) is 18.3. The van der Waals surface area contributed by atoms with Crippen molar-refractivity contribution in [1.29, 1.82) is 0 Å². The lowest BCUT2D eigenvalue weighted by atomic mass is 9.84. The number of likely N-dealkylation sites (tertiary alicyclic amines) is 1. The zero-order valence-electron chi connectivity index (χ0n) is 17.5. The summed E-state index contributed by atoms with van der Waals surface area (Å²) in [7, 11) is 0. The molecule has 2 N–H and O–H groups in total. The van der Waals surface area contributed by atoms with E-state index in [1.54, 1.807) is 11.4 Å². The van der Waals surface area contributed by atoms with E-state index in [0.29, 0.717) is 49.7 Å². The highest BCUT2D eigenvalue weighted by Crippen LogP contribution is 2.32. The first kappa shape index (κ1) is 22.7. The first-order chi connectivity index (χ1) is 14.5. The van der Waals surface area contributed by atoms with Gasteiger partial charge in [-0.05, 0) is 36.3 Å². The molecule has 1 unspecified atom stereocenters. The predicted molar refractivity (Wildman–Crippen MR) is 117 cm³/mol. The smallest absolute Gasteiger partial charge is 0.352 e. The summed E-state index contributed by atoms with van der Waals surface area (Å²) >= 11 is 1.28. The van der Waals surface area contributed by atoms with Crippen molar-refractivity contribution in [3.8, 4) is 5.75 Å². The van der Waals surface area contributed by atoms with Crippen LogP contribution < -0.4 is 4.74 Å². The van der Waals surface area contributed by atoms with Crippen LogP contribution in [-0.4, -0.2) is 60.0 Å². The summed E-state index contributed by atoms with van der Waals surface area (Å²) in [4.78, 5) is 14.7. The number of carbonyl (C=O) groups excluding carboxylic acids is 1. The van der Waals surface area contributed by atoms with E-state index in [4.69, 9.17) is 9.47 Å². The molecule has 1 aliphatic rings. The maximum atomic E-state index is 12.2.